The van der Waals surface area contributed by atoms with Crippen molar-refractivity contribution in [1.29, 1.82) is 0 Å². The van der Waals surface area contributed by atoms with Crippen LogP contribution in [-0.4, -0.2) is 39.2 Å². The van der Waals surface area contributed by atoms with Crippen molar-refractivity contribution in [3.63, 3.8) is 0 Å². The zero-order valence-electron chi connectivity index (χ0n) is 13.9. The number of rotatable bonds is 6. The Labute approximate surface area is 145 Å². The van der Waals surface area contributed by atoms with Crippen LogP contribution in [0.4, 0.5) is 0 Å². The van der Waals surface area contributed by atoms with Crippen LogP contribution in [0.1, 0.15) is 21.7 Å². The molecule has 0 aliphatic rings. The third-order valence-electron chi connectivity index (χ3n) is 3.88. The fourth-order valence-electron chi connectivity index (χ4n) is 2.66. The van der Waals surface area contributed by atoms with E-state index in [9.17, 15) is 9.90 Å². The lowest BCUT2D eigenvalue weighted by Gasteiger charge is -2.21. The first-order valence-corrected chi connectivity index (χ1v) is 8.01. The summed E-state index contributed by atoms with van der Waals surface area (Å²) >= 11 is 0. The Morgan fingerprint density at radius 1 is 1.20 bits per heavy atom. The van der Waals surface area contributed by atoms with Gasteiger partial charge in [-0.25, -0.2) is 0 Å². The molecule has 3 aromatic rings. The molecule has 0 radical (unpaired) electrons. The van der Waals surface area contributed by atoms with Crippen LogP contribution in [0.25, 0.3) is 11.3 Å². The summed E-state index contributed by atoms with van der Waals surface area (Å²) < 4.78 is 5.28. The summed E-state index contributed by atoms with van der Waals surface area (Å²) in [5, 5.41) is 13.4. The summed E-state index contributed by atoms with van der Waals surface area (Å²) in [6.07, 6.45) is 3.38. The van der Waals surface area contributed by atoms with E-state index in [0.717, 1.165) is 11.1 Å². The fourth-order valence-corrected chi connectivity index (χ4v) is 2.66. The Kier molecular flexibility index (Phi) is 5.20. The van der Waals surface area contributed by atoms with Gasteiger partial charge in [-0.2, -0.15) is 0 Å². The van der Waals surface area contributed by atoms with Crippen LogP contribution in [0.3, 0.4) is 0 Å². The Morgan fingerprint density at radius 3 is 2.68 bits per heavy atom. The number of hydrogen-bond donors (Lipinski definition) is 1. The number of amides is 1. The minimum atomic E-state index is -0.226. The lowest BCUT2D eigenvalue weighted by molar-refractivity contribution is 0.0706. The van der Waals surface area contributed by atoms with Gasteiger partial charge in [0.2, 0.25) is 0 Å². The van der Waals surface area contributed by atoms with Crippen molar-refractivity contribution in [2.24, 2.45) is 0 Å². The number of carbonyl (C=O) groups excluding carboxylic acids is 1. The largest absolute Gasteiger partial charge is 0.395 e. The number of aliphatic hydroxyl groups is 1. The molecule has 0 saturated heterocycles. The first-order valence-electron chi connectivity index (χ1n) is 8.01. The van der Waals surface area contributed by atoms with Gasteiger partial charge >= 0.3 is 0 Å². The lowest BCUT2D eigenvalue weighted by atomic mass is 10.0. The van der Waals surface area contributed by atoms with E-state index >= 15 is 0 Å². The van der Waals surface area contributed by atoms with Crippen LogP contribution in [0.5, 0.6) is 0 Å². The molecule has 0 atom stereocenters. The second-order valence-corrected chi connectivity index (χ2v) is 5.64. The Morgan fingerprint density at radius 2 is 2.00 bits per heavy atom. The molecule has 1 N–H and O–H groups in total. The maximum atomic E-state index is 13.1. The molecule has 0 bridgehead atoms. The van der Waals surface area contributed by atoms with Crippen molar-refractivity contribution >= 4 is 5.91 Å². The Bertz CT molecular complexity index is 832. The summed E-state index contributed by atoms with van der Waals surface area (Å²) in [6.45, 7) is 2.16. The molecule has 0 saturated carbocycles. The molecule has 128 valence electrons. The van der Waals surface area contributed by atoms with E-state index in [-0.39, 0.29) is 19.1 Å². The van der Waals surface area contributed by atoms with Gasteiger partial charge in [-0.3, -0.25) is 9.78 Å². The summed E-state index contributed by atoms with van der Waals surface area (Å²) in [5.41, 5.74) is 2.63. The highest BCUT2D eigenvalue weighted by Crippen LogP contribution is 2.26. The molecule has 0 unspecified atom stereocenters. The number of aromatic nitrogens is 2. The monoisotopic (exact) mass is 337 g/mol. The van der Waals surface area contributed by atoms with Gasteiger partial charge in [0.25, 0.3) is 5.91 Å². The van der Waals surface area contributed by atoms with Crippen LogP contribution in [0, 0.1) is 6.92 Å². The number of hydrogen-bond acceptors (Lipinski definition) is 5. The summed E-state index contributed by atoms with van der Waals surface area (Å²) in [5.74, 6) is 0.230. The van der Waals surface area contributed by atoms with Gasteiger partial charge in [-0.05, 0) is 18.6 Å². The average molecular weight is 337 g/mol. The van der Waals surface area contributed by atoms with Crippen LogP contribution >= 0.6 is 0 Å². The van der Waals surface area contributed by atoms with Crippen molar-refractivity contribution in [3.8, 4) is 11.3 Å². The topological polar surface area (TPSA) is 79.5 Å². The molecule has 0 aliphatic heterocycles. The van der Waals surface area contributed by atoms with Gasteiger partial charge < -0.3 is 14.5 Å². The lowest BCUT2D eigenvalue weighted by Crippen LogP contribution is -2.33. The highest BCUT2D eigenvalue weighted by atomic mass is 16.5. The molecule has 1 amide bonds. The van der Waals surface area contributed by atoms with E-state index < -0.39 is 0 Å². The molecule has 6 heteroatoms. The summed E-state index contributed by atoms with van der Waals surface area (Å²) in [4.78, 5) is 18.8. The molecule has 1 aromatic carbocycles. The van der Waals surface area contributed by atoms with Crippen LogP contribution in [0.2, 0.25) is 0 Å². The number of nitrogens with zero attached hydrogens (tertiary/aromatic N) is 3. The predicted molar refractivity (Wildman–Crippen MR) is 92.7 cm³/mol. The number of aryl methyl sites for hydroxylation is 1. The van der Waals surface area contributed by atoms with E-state index in [1.54, 1.807) is 24.2 Å². The molecule has 0 aliphatic carbocycles. The zero-order valence-corrected chi connectivity index (χ0v) is 13.9. The quantitative estimate of drug-likeness (QED) is 0.748. The SMILES string of the molecule is Cc1onc(-c2ccccc2)c1C(=O)N(CCO)Cc1cccnc1. The average Bonchev–Trinajstić information content (AvgIpc) is 3.04. The molecule has 3 rings (SSSR count). The van der Waals surface area contributed by atoms with Crippen molar-refractivity contribution in [2.75, 3.05) is 13.2 Å². The molecular weight excluding hydrogens is 318 g/mol. The summed E-state index contributed by atoms with van der Waals surface area (Å²) in [7, 11) is 0. The first kappa shape index (κ1) is 16.9. The normalized spacial score (nSPS) is 10.6. The van der Waals surface area contributed by atoms with Gasteiger partial charge in [-0.1, -0.05) is 41.6 Å². The second-order valence-electron chi connectivity index (χ2n) is 5.64. The maximum Gasteiger partial charge on any atom is 0.260 e. The number of carbonyl (C=O) groups is 1. The molecule has 2 heterocycles. The molecule has 6 nitrogen and oxygen atoms in total. The predicted octanol–water partition coefficient (Wildman–Crippen LogP) is 2.68. The van der Waals surface area contributed by atoms with Gasteiger partial charge in [-0.15, -0.1) is 0 Å². The molecule has 0 spiro atoms. The highest BCUT2D eigenvalue weighted by molar-refractivity contribution is 6.00. The van der Waals surface area contributed by atoms with Crippen LogP contribution < -0.4 is 0 Å². The van der Waals surface area contributed by atoms with Crippen molar-refractivity contribution < 1.29 is 14.4 Å². The summed E-state index contributed by atoms with van der Waals surface area (Å²) in [6, 6.07) is 13.1. The van der Waals surface area contributed by atoms with E-state index in [1.165, 1.54) is 0 Å². The molecule has 0 fully saturated rings. The van der Waals surface area contributed by atoms with Gasteiger partial charge in [0.05, 0.1) is 6.61 Å². The number of aliphatic hydroxyl groups excluding tert-OH is 1. The van der Waals surface area contributed by atoms with Crippen molar-refractivity contribution in [1.82, 2.24) is 15.0 Å². The smallest absolute Gasteiger partial charge is 0.260 e. The van der Waals surface area contributed by atoms with E-state index in [4.69, 9.17) is 4.52 Å². The maximum absolute atomic E-state index is 13.1. The third-order valence-corrected chi connectivity index (χ3v) is 3.88. The van der Waals surface area contributed by atoms with Crippen molar-refractivity contribution in [3.05, 3.63) is 71.7 Å². The molecular formula is C19H19N3O3. The van der Waals surface area contributed by atoms with Crippen LogP contribution in [-0.2, 0) is 6.54 Å². The molecule has 2 aromatic heterocycles. The Balaban J connectivity index is 1.94. The van der Waals surface area contributed by atoms with Gasteiger partial charge in [0, 0.05) is 31.0 Å². The van der Waals surface area contributed by atoms with Crippen molar-refractivity contribution in [2.45, 2.75) is 13.5 Å². The third kappa shape index (κ3) is 3.75. The van der Waals surface area contributed by atoms with Crippen LogP contribution in [0.15, 0.2) is 59.4 Å². The zero-order chi connectivity index (χ0) is 17.6. The highest BCUT2D eigenvalue weighted by Gasteiger charge is 2.26. The minimum Gasteiger partial charge on any atom is -0.395 e. The van der Waals surface area contributed by atoms with E-state index in [1.807, 2.05) is 42.5 Å². The number of pyridine rings is 1. The molecule has 25 heavy (non-hydrogen) atoms. The fraction of sp³-hybridized carbons (Fsp3) is 0.211. The van der Waals surface area contributed by atoms with E-state index in [0.29, 0.717) is 23.6 Å². The van der Waals surface area contributed by atoms with Gasteiger partial charge in [0.15, 0.2) is 0 Å². The Hall–Kier alpha value is -2.99. The second kappa shape index (κ2) is 7.72. The van der Waals surface area contributed by atoms with Gasteiger partial charge in [0.1, 0.15) is 17.0 Å². The number of benzene rings is 1. The standard InChI is InChI=1S/C19H19N3O3/c1-14-17(18(21-25-14)16-7-3-2-4-8-16)19(24)22(10-11-23)13-15-6-5-9-20-12-15/h2-9,12,23H,10-11,13H2,1H3. The minimum absolute atomic E-state index is 0.128. The van der Waals surface area contributed by atoms with E-state index in [2.05, 4.69) is 10.1 Å². The first-order chi connectivity index (χ1) is 12.2.